The van der Waals surface area contributed by atoms with Gasteiger partial charge in [0.2, 0.25) is 0 Å². The van der Waals surface area contributed by atoms with E-state index in [1.54, 1.807) is 25.1 Å². The van der Waals surface area contributed by atoms with E-state index in [4.69, 9.17) is 21.1 Å². The molecule has 1 unspecified atom stereocenters. The third-order valence-electron chi connectivity index (χ3n) is 2.79. The van der Waals surface area contributed by atoms with Crippen LogP contribution in [-0.2, 0) is 0 Å². The predicted molar refractivity (Wildman–Crippen MR) is 79.8 cm³/mol. The van der Waals surface area contributed by atoms with Crippen molar-refractivity contribution >= 4 is 11.6 Å². The summed E-state index contributed by atoms with van der Waals surface area (Å²) in [5, 5.41) is 10.0. The molecule has 0 saturated carbocycles. The number of rotatable bonds is 5. The second kappa shape index (κ2) is 6.64. The summed E-state index contributed by atoms with van der Waals surface area (Å²) in [6.45, 7) is 4.25. The topological polar surface area (TPSA) is 38.7 Å². The van der Waals surface area contributed by atoms with Gasteiger partial charge in [-0.25, -0.2) is 0 Å². The lowest BCUT2D eigenvalue weighted by atomic mass is 10.1. The molecule has 106 valence electrons. The molecule has 1 N–H and O–H groups in total. The van der Waals surface area contributed by atoms with Gasteiger partial charge in [0.25, 0.3) is 0 Å². The zero-order chi connectivity index (χ0) is 14.5. The van der Waals surface area contributed by atoms with Crippen LogP contribution in [0.25, 0.3) is 0 Å². The highest BCUT2D eigenvalue weighted by Gasteiger charge is 2.08. The van der Waals surface area contributed by atoms with Crippen molar-refractivity contribution in [1.29, 1.82) is 0 Å². The molecular formula is C16H17ClO3. The van der Waals surface area contributed by atoms with E-state index in [9.17, 15) is 5.11 Å². The molecule has 2 aromatic carbocycles. The van der Waals surface area contributed by atoms with Crippen LogP contribution >= 0.6 is 11.6 Å². The molecular weight excluding hydrogens is 276 g/mol. The molecule has 0 heterocycles. The van der Waals surface area contributed by atoms with Crippen LogP contribution in [0.5, 0.6) is 17.2 Å². The third kappa shape index (κ3) is 3.65. The molecule has 4 heteroatoms. The lowest BCUT2D eigenvalue weighted by Crippen LogP contribution is -1.93. The van der Waals surface area contributed by atoms with Crippen LogP contribution in [0.3, 0.4) is 0 Å². The lowest BCUT2D eigenvalue weighted by molar-refractivity contribution is 0.199. The second-order valence-corrected chi connectivity index (χ2v) is 4.77. The smallest absolute Gasteiger partial charge is 0.128 e. The van der Waals surface area contributed by atoms with Gasteiger partial charge in [-0.3, -0.25) is 0 Å². The summed E-state index contributed by atoms with van der Waals surface area (Å²) in [5.74, 6) is 2.14. The fraction of sp³-hybridized carbons (Fsp3) is 0.250. The summed E-state index contributed by atoms with van der Waals surface area (Å²) >= 11 is 6.10. The monoisotopic (exact) mass is 292 g/mol. The van der Waals surface area contributed by atoms with Gasteiger partial charge < -0.3 is 14.6 Å². The minimum Gasteiger partial charge on any atom is -0.494 e. The van der Waals surface area contributed by atoms with Gasteiger partial charge in [-0.2, -0.15) is 0 Å². The molecule has 0 radical (unpaired) electrons. The number of aliphatic hydroxyl groups is 1. The first-order valence-corrected chi connectivity index (χ1v) is 6.86. The standard InChI is InChI=1S/C16H17ClO3/c1-3-19-12-4-6-13(7-5-12)20-14-8-9-15(11(2)18)16(17)10-14/h4-11,18H,3H2,1-2H3. The number of halogens is 1. The Balaban J connectivity index is 2.11. The average Bonchev–Trinajstić information content (AvgIpc) is 2.41. The van der Waals surface area contributed by atoms with Crippen LogP contribution in [-0.4, -0.2) is 11.7 Å². The number of benzene rings is 2. The van der Waals surface area contributed by atoms with Crippen LogP contribution in [0.4, 0.5) is 0 Å². The highest BCUT2D eigenvalue weighted by Crippen LogP contribution is 2.30. The van der Waals surface area contributed by atoms with E-state index in [1.807, 2.05) is 31.2 Å². The fourth-order valence-electron chi connectivity index (χ4n) is 1.82. The Morgan fingerprint density at radius 3 is 2.20 bits per heavy atom. The summed E-state index contributed by atoms with van der Waals surface area (Å²) in [5.41, 5.74) is 0.686. The number of hydrogen-bond donors (Lipinski definition) is 1. The molecule has 0 aliphatic heterocycles. The van der Waals surface area contributed by atoms with Gasteiger partial charge in [-0.1, -0.05) is 17.7 Å². The van der Waals surface area contributed by atoms with Crippen LogP contribution in [0.2, 0.25) is 5.02 Å². The average molecular weight is 293 g/mol. The molecule has 0 aromatic heterocycles. The van der Waals surface area contributed by atoms with Crippen molar-refractivity contribution in [3.63, 3.8) is 0 Å². The van der Waals surface area contributed by atoms with Crippen LogP contribution in [0.15, 0.2) is 42.5 Å². The van der Waals surface area contributed by atoms with Gasteiger partial charge in [0.1, 0.15) is 17.2 Å². The highest BCUT2D eigenvalue weighted by molar-refractivity contribution is 6.31. The normalized spacial score (nSPS) is 12.0. The van der Waals surface area contributed by atoms with Crippen molar-refractivity contribution in [2.24, 2.45) is 0 Å². The molecule has 0 aliphatic carbocycles. The van der Waals surface area contributed by atoms with E-state index < -0.39 is 6.10 Å². The minimum atomic E-state index is -0.595. The molecule has 20 heavy (non-hydrogen) atoms. The van der Waals surface area contributed by atoms with Gasteiger partial charge in [-0.05, 0) is 55.8 Å². The van der Waals surface area contributed by atoms with Crippen molar-refractivity contribution in [3.05, 3.63) is 53.1 Å². The van der Waals surface area contributed by atoms with Crippen LogP contribution in [0, 0.1) is 0 Å². The Labute approximate surface area is 123 Å². The maximum Gasteiger partial charge on any atom is 0.128 e. The van der Waals surface area contributed by atoms with E-state index in [0.717, 1.165) is 5.75 Å². The predicted octanol–water partition coefficient (Wildman–Crippen LogP) is 4.58. The largest absolute Gasteiger partial charge is 0.494 e. The first-order valence-electron chi connectivity index (χ1n) is 6.48. The van der Waals surface area contributed by atoms with Crippen molar-refractivity contribution in [1.82, 2.24) is 0 Å². The zero-order valence-corrected chi connectivity index (χ0v) is 12.2. The molecule has 0 amide bonds. The van der Waals surface area contributed by atoms with E-state index >= 15 is 0 Å². The highest BCUT2D eigenvalue weighted by atomic mass is 35.5. The molecule has 0 fully saturated rings. The fourth-order valence-corrected chi connectivity index (χ4v) is 2.15. The quantitative estimate of drug-likeness (QED) is 0.876. The van der Waals surface area contributed by atoms with Gasteiger partial charge in [0.05, 0.1) is 17.7 Å². The van der Waals surface area contributed by atoms with Crippen molar-refractivity contribution in [2.45, 2.75) is 20.0 Å². The molecule has 2 aromatic rings. The molecule has 2 rings (SSSR count). The Bertz CT molecular complexity index is 564. The minimum absolute atomic E-state index is 0.489. The van der Waals surface area contributed by atoms with Crippen molar-refractivity contribution < 1.29 is 14.6 Å². The molecule has 0 bridgehead atoms. The van der Waals surface area contributed by atoms with Gasteiger partial charge in [-0.15, -0.1) is 0 Å². The zero-order valence-electron chi connectivity index (χ0n) is 11.5. The number of aliphatic hydroxyl groups excluding tert-OH is 1. The van der Waals surface area contributed by atoms with E-state index in [1.165, 1.54) is 0 Å². The van der Waals surface area contributed by atoms with Gasteiger partial charge >= 0.3 is 0 Å². The summed E-state index contributed by atoms with van der Waals surface area (Å²) in [6, 6.07) is 12.6. The summed E-state index contributed by atoms with van der Waals surface area (Å²) < 4.78 is 11.1. The maximum absolute atomic E-state index is 9.53. The Morgan fingerprint density at radius 2 is 1.65 bits per heavy atom. The SMILES string of the molecule is CCOc1ccc(Oc2ccc(C(C)O)c(Cl)c2)cc1. The summed E-state index contributed by atoms with van der Waals surface area (Å²) in [6.07, 6.45) is -0.595. The lowest BCUT2D eigenvalue weighted by Gasteiger charge is -2.11. The Hall–Kier alpha value is -1.71. The van der Waals surface area contributed by atoms with Gasteiger partial charge in [0.15, 0.2) is 0 Å². The summed E-state index contributed by atoms with van der Waals surface area (Å²) in [4.78, 5) is 0. The third-order valence-corrected chi connectivity index (χ3v) is 3.12. The molecule has 0 spiro atoms. The van der Waals surface area contributed by atoms with Crippen LogP contribution in [0.1, 0.15) is 25.5 Å². The first kappa shape index (κ1) is 14.7. The van der Waals surface area contributed by atoms with Crippen molar-refractivity contribution in [3.8, 4) is 17.2 Å². The van der Waals surface area contributed by atoms with Crippen molar-refractivity contribution in [2.75, 3.05) is 6.61 Å². The van der Waals surface area contributed by atoms with E-state index in [0.29, 0.717) is 28.7 Å². The van der Waals surface area contributed by atoms with Gasteiger partial charge in [0, 0.05) is 0 Å². The Morgan fingerprint density at radius 1 is 1.05 bits per heavy atom. The first-order chi connectivity index (χ1) is 9.60. The Kier molecular flexibility index (Phi) is 4.88. The molecule has 0 aliphatic rings. The molecule has 3 nitrogen and oxygen atoms in total. The number of ether oxygens (including phenoxy) is 2. The molecule has 0 saturated heterocycles. The molecule has 1 atom stereocenters. The van der Waals surface area contributed by atoms with E-state index in [2.05, 4.69) is 0 Å². The number of hydrogen-bond acceptors (Lipinski definition) is 3. The van der Waals surface area contributed by atoms with E-state index in [-0.39, 0.29) is 0 Å². The maximum atomic E-state index is 9.53. The summed E-state index contributed by atoms with van der Waals surface area (Å²) in [7, 11) is 0. The van der Waals surface area contributed by atoms with Crippen LogP contribution < -0.4 is 9.47 Å². The second-order valence-electron chi connectivity index (χ2n) is 4.37.